The number of aromatic nitrogens is 1. The summed E-state index contributed by atoms with van der Waals surface area (Å²) >= 11 is 3.37. The molecule has 7 heteroatoms. The van der Waals surface area contributed by atoms with Crippen LogP contribution in [0.2, 0.25) is 0 Å². The molecule has 0 aliphatic rings. The van der Waals surface area contributed by atoms with Crippen LogP contribution in [0, 0.1) is 17.0 Å². The summed E-state index contributed by atoms with van der Waals surface area (Å²) in [4.78, 5) is 16.9. The standard InChI is InChI=1S/C13H21BrN4O2/c1-4-7-17(5-2)8-6-15-13-12(14)10(3)11(9-16-13)18(19)20/h9H,4-8H2,1-3H3,(H,15,16). The fourth-order valence-electron chi connectivity index (χ4n) is 1.95. The summed E-state index contributed by atoms with van der Waals surface area (Å²) in [5.41, 5.74) is 0.622. The molecule has 0 radical (unpaired) electrons. The van der Waals surface area contributed by atoms with Crippen LogP contribution in [0.4, 0.5) is 11.5 Å². The molecular weight excluding hydrogens is 324 g/mol. The number of nitrogens with zero attached hydrogens (tertiary/aromatic N) is 3. The summed E-state index contributed by atoms with van der Waals surface area (Å²) < 4.78 is 0.658. The van der Waals surface area contributed by atoms with Crippen molar-refractivity contribution >= 4 is 27.4 Å². The molecule has 0 aliphatic carbocycles. The van der Waals surface area contributed by atoms with E-state index in [4.69, 9.17) is 0 Å². The molecule has 0 atom stereocenters. The third-order valence-corrected chi connectivity index (χ3v) is 4.11. The highest BCUT2D eigenvalue weighted by Gasteiger charge is 2.16. The van der Waals surface area contributed by atoms with Gasteiger partial charge in [-0.15, -0.1) is 0 Å². The summed E-state index contributed by atoms with van der Waals surface area (Å²) in [6.45, 7) is 9.79. The molecule has 112 valence electrons. The Labute approximate surface area is 127 Å². The van der Waals surface area contributed by atoms with Gasteiger partial charge in [-0.2, -0.15) is 0 Å². The van der Waals surface area contributed by atoms with Gasteiger partial charge in [0.1, 0.15) is 12.0 Å². The first-order valence-electron chi connectivity index (χ1n) is 6.76. The number of pyridine rings is 1. The normalized spacial score (nSPS) is 10.8. The Balaban J connectivity index is 2.65. The molecule has 0 unspecified atom stereocenters. The molecule has 0 saturated carbocycles. The minimum Gasteiger partial charge on any atom is -0.368 e. The summed E-state index contributed by atoms with van der Waals surface area (Å²) in [7, 11) is 0. The lowest BCUT2D eigenvalue weighted by molar-refractivity contribution is -0.385. The molecule has 0 saturated heterocycles. The van der Waals surface area contributed by atoms with E-state index in [2.05, 4.69) is 45.0 Å². The van der Waals surface area contributed by atoms with Crippen LogP contribution in [0.3, 0.4) is 0 Å². The Morgan fingerprint density at radius 3 is 2.70 bits per heavy atom. The van der Waals surface area contributed by atoms with Crippen molar-refractivity contribution in [2.75, 3.05) is 31.5 Å². The monoisotopic (exact) mass is 344 g/mol. The Hall–Kier alpha value is -1.21. The van der Waals surface area contributed by atoms with Gasteiger partial charge in [-0.25, -0.2) is 4.98 Å². The molecule has 0 amide bonds. The quantitative estimate of drug-likeness (QED) is 0.579. The summed E-state index contributed by atoms with van der Waals surface area (Å²) in [5, 5.41) is 14.0. The van der Waals surface area contributed by atoms with Crippen molar-refractivity contribution in [3.8, 4) is 0 Å². The van der Waals surface area contributed by atoms with Crippen LogP contribution < -0.4 is 5.32 Å². The number of hydrogen-bond acceptors (Lipinski definition) is 5. The first-order valence-corrected chi connectivity index (χ1v) is 7.56. The van der Waals surface area contributed by atoms with Crippen molar-refractivity contribution < 1.29 is 4.92 Å². The van der Waals surface area contributed by atoms with Crippen LogP contribution in [-0.4, -0.2) is 41.0 Å². The second-order valence-electron chi connectivity index (χ2n) is 4.55. The average molecular weight is 345 g/mol. The molecular formula is C13H21BrN4O2. The lowest BCUT2D eigenvalue weighted by Crippen LogP contribution is -2.29. The van der Waals surface area contributed by atoms with Crippen molar-refractivity contribution in [1.82, 2.24) is 9.88 Å². The highest BCUT2D eigenvalue weighted by Crippen LogP contribution is 2.30. The first-order chi connectivity index (χ1) is 9.51. The van der Waals surface area contributed by atoms with E-state index in [1.54, 1.807) is 6.92 Å². The van der Waals surface area contributed by atoms with Crippen LogP contribution in [-0.2, 0) is 0 Å². The smallest absolute Gasteiger partial charge is 0.291 e. The molecule has 0 fully saturated rings. The predicted octanol–water partition coefficient (Wildman–Crippen LogP) is 3.20. The third kappa shape index (κ3) is 4.42. The van der Waals surface area contributed by atoms with Gasteiger partial charge >= 0.3 is 0 Å². The number of likely N-dealkylation sites (N-methyl/N-ethyl adjacent to an activating group) is 1. The Bertz CT molecular complexity index is 468. The lowest BCUT2D eigenvalue weighted by Gasteiger charge is -2.20. The Morgan fingerprint density at radius 2 is 2.15 bits per heavy atom. The summed E-state index contributed by atoms with van der Waals surface area (Å²) in [6, 6.07) is 0. The Morgan fingerprint density at radius 1 is 1.45 bits per heavy atom. The number of rotatable bonds is 8. The van der Waals surface area contributed by atoms with E-state index in [1.165, 1.54) is 6.20 Å². The molecule has 0 bridgehead atoms. The maximum absolute atomic E-state index is 10.8. The number of halogens is 1. The van der Waals surface area contributed by atoms with Gasteiger partial charge in [0.05, 0.1) is 9.40 Å². The van der Waals surface area contributed by atoms with Crippen LogP contribution in [0.15, 0.2) is 10.7 Å². The van der Waals surface area contributed by atoms with Gasteiger partial charge in [0.2, 0.25) is 0 Å². The minimum atomic E-state index is -0.420. The SMILES string of the molecule is CCCN(CC)CCNc1ncc([N+](=O)[O-])c(C)c1Br. The van der Waals surface area contributed by atoms with Crippen molar-refractivity contribution in [1.29, 1.82) is 0 Å². The molecule has 0 spiro atoms. The summed E-state index contributed by atoms with van der Waals surface area (Å²) in [5.74, 6) is 0.653. The predicted molar refractivity (Wildman–Crippen MR) is 84.2 cm³/mol. The van der Waals surface area contributed by atoms with Crippen LogP contribution >= 0.6 is 15.9 Å². The van der Waals surface area contributed by atoms with E-state index < -0.39 is 4.92 Å². The molecule has 1 rings (SSSR count). The highest BCUT2D eigenvalue weighted by molar-refractivity contribution is 9.10. The van der Waals surface area contributed by atoms with Crippen molar-refractivity contribution in [3.63, 3.8) is 0 Å². The lowest BCUT2D eigenvalue weighted by atomic mass is 10.2. The molecule has 6 nitrogen and oxygen atoms in total. The Kier molecular flexibility index (Phi) is 6.87. The number of nitrogens with one attached hydrogen (secondary N) is 1. The highest BCUT2D eigenvalue weighted by atomic mass is 79.9. The fraction of sp³-hybridized carbons (Fsp3) is 0.615. The van der Waals surface area contributed by atoms with Gasteiger partial charge in [-0.05, 0) is 42.4 Å². The molecule has 1 aromatic rings. The number of hydrogen-bond donors (Lipinski definition) is 1. The van der Waals surface area contributed by atoms with Crippen LogP contribution in [0.1, 0.15) is 25.8 Å². The van der Waals surface area contributed by atoms with E-state index in [1.807, 2.05) is 0 Å². The molecule has 20 heavy (non-hydrogen) atoms. The second kappa shape index (κ2) is 8.16. The van der Waals surface area contributed by atoms with Gasteiger partial charge in [0.25, 0.3) is 5.69 Å². The van der Waals surface area contributed by atoms with Crippen LogP contribution in [0.25, 0.3) is 0 Å². The first kappa shape index (κ1) is 16.8. The zero-order chi connectivity index (χ0) is 15.1. The van der Waals surface area contributed by atoms with Gasteiger partial charge in [-0.3, -0.25) is 10.1 Å². The van der Waals surface area contributed by atoms with Gasteiger partial charge < -0.3 is 10.2 Å². The van der Waals surface area contributed by atoms with Crippen molar-refractivity contribution in [3.05, 3.63) is 26.3 Å². The van der Waals surface area contributed by atoms with Crippen molar-refractivity contribution in [2.45, 2.75) is 27.2 Å². The van der Waals surface area contributed by atoms with E-state index in [0.717, 1.165) is 32.6 Å². The minimum absolute atomic E-state index is 0.0311. The van der Waals surface area contributed by atoms with Gasteiger partial charge in [-0.1, -0.05) is 13.8 Å². The number of nitro groups is 1. The van der Waals surface area contributed by atoms with E-state index in [-0.39, 0.29) is 5.69 Å². The molecule has 0 aromatic carbocycles. The zero-order valence-corrected chi connectivity index (χ0v) is 13.7. The summed E-state index contributed by atoms with van der Waals surface area (Å²) in [6.07, 6.45) is 2.43. The molecule has 0 aliphatic heterocycles. The topological polar surface area (TPSA) is 71.3 Å². The van der Waals surface area contributed by atoms with Crippen LogP contribution in [0.5, 0.6) is 0 Å². The van der Waals surface area contributed by atoms with E-state index in [0.29, 0.717) is 15.9 Å². The van der Waals surface area contributed by atoms with E-state index in [9.17, 15) is 10.1 Å². The maximum Gasteiger partial charge on any atom is 0.291 e. The van der Waals surface area contributed by atoms with Gasteiger partial charge in [0.15, 0.2) is 0 Å². The molecule has 1 aromatic heterocycles. The third-order valence-electron chi connectivity index (χ3n) is 3.14. The zero-order valence-electron chi connectivity index (χ0n) is 12.1. The van der Waals surface area contributed by atoms with E-state index >= 15 is 0 Å². The largest absolute Gasteiger partial charge is 0.368 e. The maximum atomic E-state index is 10.8. The molecule has 1 heterocycles. The van der Waals surface area contributed by atoms with Crippen molar-refractivity contribution in [2.24, 2.45) is 0 Å². The average Bonchev–Trinajstić information content (AvgIpc) is 2.42. The number of anilines is 1. The fourth-order valence-corrected chi connectivity index (χ4v) is 2.40. The molecule has 1 N–H and O–H groups in total. The van der Waals surface area contributed by atoms with Gasteiger partial charge in [0, 0.05) is 18.7 Å². The second-order valence-corrected chi connectivity index (χ2v) is 5.34.